The minimum Gasteiger partial charge on any atom is -0.142 e. The van der Waals surface area contributed by atoms with Crippen molar-refractivity contribution in [1.29, 1.82) is 0 Å². The van der Waals surface area contributed by atoms with Crippen LogP contribution in [0.15, 0.2) is 35.0 Å². The van der Waals surface area contributed by atoms with E-state index in [1.165, 1.54) is 56.4 Å². The van der Waals surface area contributed by atoms with Crippen LogP contribution in [-0.4, -0.2) is 5.29 Å². The van der Waals surface area contributed by atoms with Crippen LogP contribution >= 0.6 is 30.9 Å². The fourth-order valence-electron chi connectivity index (χ4n) is 4.05. The fourth-order valence-corrected chi connectivity index (χ4v) is 8.08. The zero-order valence-electron chi connectivity index (χ0n) is 19.7. The van der Waals surface area contributed by atoms with Crippen molar-refractivity contribution in [3.63, 3.8) is 0 Å². The molecule has 158 valence electrons. The van der Waals surface area contributed by atoms with Gasteiger partial charge >= 0.3 is 0 Å². The summed E-state index contributed by atoms with van der Waals surface area (Å²) < 4.78 is 0. The average Bonchev–Trinajstić information content (AvgIpc) is 3.28. The first-order valence-electron chi connectivity index (χ1n) is 10.7. The Labute approximate surface area is 192 Å². The molecule has 1 aromatic carbocycles. The second kappa shape index (κ2) is 7.16. The molecule has 0 bridgehead atoms. The highest BCUT2D eigenvalue weighted by molar-refractivity contribution is 7.51. The van der Waals surface area contributed by atoms with Gasteiger partial charge in [0.2, 0.25) is 0 Å². The molecule has 3 aromatic rings. The van der Waals surface area contributed by atoms with Gasteiger partial charge in [0.15, 0.2) is 0 Å². The Kier molecular flexibility index (Phi) is 5.25. The summed E-state index contributed by atoms with van der Waals surface area (Å²) in [7, 11) is 1.34. The van der Waals surface area contributed by atoms with Gasteiger partial charge in [-0.25, -0.2) is 0 Å². The van der Waals surface area contributed by atoms with Gasteiger partial charge in [0.1, 0.15) is 0 Å². The highest BCUT2D eigenvalue weighted by Gasteiger charge is 2.31. The summed E-state index contributed by atoms with van der Waals surface area (Å²) in [6.45, 7) is 21.2. The standard InChI is InChI=1S/C27H33PS2/c1-25(2,3)16-14-19(26(4,5)6)22(20(15-16)27(7,8)9)28-21-17-10-12-29-23(17)24-18(21)11-13-30-24/h10-15H,1-9H3. The van der Waals surface area contributed by atoms with Crippen molar-refractivity contribution >= 4 is 41.5 Å². The zero-order chi connectivity index (χ0) is 22.1. The first-order valence-corrected chi connectivity index (χ1v) is 13.4. The van der Waals surface area contributed by atoms with Crippen LogP contribution < -0.4 is 5.30 Å². The molecular formula is C27H33PS2. The lowest BCUT2D eigenvalue weighted by atomic mass is 9.75. The number of fused-ring (bicyclic) bond motifs is 3. The fraction of sp³-hybridized carbons (Fsp3) is 0.444. The Morgan fingerprint density at radius 3 is 1.43 bits per heavy atom. The highest BCUT2D eigenvalue weighted by atomic mass is 32.1. The molecule has 1 aliphatic carbocycles. The third kappa shape index (κ3) is 3.77. The summed E-state index contributed by atoms with van der Waals surface area (Å²) in [6.07, 6.45) is 0. The summed E-state index contributed by atoms with van der Waals surface area (Å²) >= 11 is 3.77. The summed E-state index contributed by atoms with van der Waals surface area (Å²) in [5.41, 5.74) is 7.65. The van der Waals surface area contributed by atoms with E-state index in [0.29, 0.717) is 0 Å². The SMILES string of the molecule is CC(C)(C)c1cc(C(C)(C)C)c(P=C2c3ccsc3-c3sccc32)c(C(C)(C)C)c1. The number of benzene rings is 1. The van der Waals surface area contributed by atoms with E-state index in [1.54, 1.807) is 0 Å². The molecule has 0 nitrogen and oxygen atoms in total. The molecule has 0 amide bonds. The molecule has 2 aromatic heterocycles. The van der Waals surface area contributed by atoms with Gasteiger partial charge in [-0.1, -0.05) is 82.7 Å². The van der Waals surface area contributed by atoms with E-state index >= 15 is 0 Å². The molecule has 0 saturated heterocycles. The van der Waals surface area contributed by atoms with Crippen LogP contribution in [0.2, 0.25) is 0 Å². The summed E-state index contributed by atoms with van der Waals surface area (Å²) in [4.78, 5) is 2.92. The largest absolute Gasteiger partial charge is 0.142 e. The minimum atomic E-state index is 0.0950. The maximum absolute atomic E-state index is 2.50. The van der Waals surface area contributed by atoms with Crippen molar-refractivity contribution < 1.29 is 0 Å². The van der Waals surface area contributed by atoms with Crippen molar-refractivity contribution in [3.8, 4) is 9.75 Å². The molecule has 0 radical (unpaired) electrons. The van der Waals surface area contributed by atoms with Gasteiger partial charge in [-0.2, -0.15) is 0 Å². The van der Waals surface area contributed by atoms with E-state index in [4.69, 9.17) is 0 Å². The van der Waals surface area contributed by atoms with Crippen LogP contribution in [0.1, 0.15) is 90.1 Å². The van der Waals surface area contributed by atoms with E-state index in [0.717, 1.165) is 0 Å². The van der Waals surface area contributed by atoms with Gasteiger partial charge in [-0.05, 0) is 55.8 Å². The lowest BCUT2D eigenvalue weighted by Crippen LogP contribution is -2.30. The zero-order valence-corrected chi connectivity index (χ0v) is 22.3. The second-order valence-corrected chi connectivity index (χ2v) is 14.4. The Morgan fingerprint density at radius 1 is 0.633 bits per heavy atom. The molecule has 0 aliphatic heterocycles. The molecule has 0 spiro atoms. The molecule has 0 N–H and O–H groups in total. The van der Waals surface area contributed by atoms with Gasteiger partial charge in [-0.3, -0.25) is 0 Å². The van der Waals surface area contributed by atoms with Gasteiger partial charge in [0, 0.05) is 21.7 Å². The van der Waals surface area contributed by atoms with Crippen molar-refractivity contribution in [2.75, 3.05) is 0 Å². The third-order valence-corrected chi connectivity index (χ3v) is 9.27. The maximum atomic E-state index is 2.50. The highest BCUT2D eigenvalue weighted by Crippen LogP contribution is 2.46. The topological polar surface area (TPSA) is 0 Å². The van der Waals surface area contributed by atoms with Crippen molar-refractivity contribution in [2.24, 2.45) is 0 Å². The van der Waals surface area contributed by atoms with Gasteiger partial charge in [0.25, 0.3) is 0 Å². The summed E-state index contributed by atoms with van der Waals surface area (Å²) in [6, 6.07) is 9.64. The first kappa shape index (κ1) is 22.0. The van der Waals surface area contributed by atoms with Gasteiger partial charge < -0.3 is 0 Å². The van der Waals surface area contributed by atoms with E-state index in [9.17, 15) is 0 Å². The summed E-state index contributed by atoms with van der Waals surface area (Å²) in [5.74, 6) is 0. The maximum Gasteiger partial charge on any atom is 0.0531 e. The quantitative estimate of drug-likeness (QED) is 0.254. The Hall–Kier alpha value is -1.21. The van der Waals surface area contributed by atoms with Crippen molar-refractivity contribution in [3.05, 3.63) is 62.8 Å². The Morgan fingerprint density at radius 2 is 1.07 bits per heavy atom. The number of hydrogen-bond acceptors (Lipinski definition) is 2. The van der Waals surface area contributed by atoms with E-state index in [1.807, 2.05) is 22.7 Å². The first-order chi connectivity index (χ1) is 13.8. The van der Waals surface area contributed by atoms with E-state index < -0.39 is 0 Å². The van der Waals surface area contributed by atoms with Crippen LogP contribution in [0.5, 0.6) is 0 Å². The molecule has 0 fully saturated rings. The Balaban J connectivity index is 2.07. The minimum absolute atomic E-state index is 0.0950. The monoisotopic (exact) mass is 452 g/mol. The molecule has 1 aliphatic rings. The molecular weight excluding hydrogens is 419 g/mol. The number of hydrogen-bond donors (Lipinski definition) is 0. The third-order valence-electron chi connectivity index (χ3n) is 5.86. The lowest BCUT2D eigenvalue weighted by Gasteiger charge is -2.32. The van der Waals surface area contributed by atoms with E-state index in [-0.39, 0.29) is 16.2 Å². The van der Waals surface area contributed by atoms with Crippen LogP contribution in [-0.2, 0) is 16.2 Å². The molecule has 0 saturated carbocycles. The van der Waals surface area contributed by atoms with Crippen LogP contribution in [0.4, 0.5) is 0 Å². The Bertz CT molecular complexity index is 1060. The van der Waals surface area contributed by atoms with E-state index in [2.05, 4.69) is 97.3 Å². The van der Waals surface area contributed by atoms with Crippen molar-refractivity contribution in [1.82, 2.24) is 0 Å². The molecule has 30 heavy (non-hydrogen) atoms. The average molecular weight is 453 g/mol. The van der Waals surface area contributed by atoms with Gasteiger partial charge in [0.05, 0.1) is 9.75 Å². The summed E-state index contributed by atoms with van der Waals surface area (Å²) in [5, 5.41) is 7.50. The molecule has 3 heteroatoms. The molecule has 0 atom stereocenters. The number of rotatable bonds is 1. The van der Waals surface area contributed by atoms with Crippen LogP contribution in [0.25, 0.3) is 9.75 Å². The van der Waals surface area contributed by atoms with Crippen LogP contribution in [0, 0.1) is 0 Å². The smallest absolute Gasteiger partial charge is 0.0531 e. The second-order valence-electron chi connectivity index (χ2n) is 11.5. The molecule has 4 rings (SSSR count). The van der Waals surface area contributed by atoms with Crippen LogP contribution in [0.3, 0.4) is 0 Å². The molecule has 0 unspecified atom stereocenters. The van der Waals surface area contributed by atoms with Crippen molar-refractivity contribution in [2.45, 2.75) is 78.6 Å². The van der Waals surface area contributed by atoms with Gasteiger partial charge in [-0.15, -0.1) is 22.7 Å². The predicted molar refractivity (Wildman–Crippen MR) is 140 cm³/mol. The molecule has 2 heterocycles. The normalized spacial score (nSPS) is 14.4. The lowest BCUT2D eigenvalue weighted by molar-refractivity contribution is 0.554. The number of thiophene rings is 2. The predicted octanol–water partition coefficient (Wildman–Crippen LogP) is 8.52.